The molecule has 0 spiro atoms. The summed E-state index contributed by atoms with van der Waals surface area (Å²) in [6.07, 6.45) is 1.68. The third kappa shape index (κ3) is 5.76. The molecule has 0 atom stereocenters. The summed E-state index contributed by atoms with van der Waals surface area (Å²) < 4.78 is 22.8. The van der Waals surface area contributed by atoms with Crippen molar-refractivity contribution >= 4 is 28.7 Å². The molecule has 218 valence electrons. The van der Waals surface area contributed by atoms with Crippen LogP contribution in [0.25, 0.3) is 28.0 Å². The van der Waals surface area contributed by atoms with Crippen LogP contribution in [-0.4, -0.2) is 33.0 Å². The number of amides is 1. The number of aromatic nitrogens is 3. The molecule has 8 nitrogen and oxygen atoms in total. The van der Waals surface area contributed by atoms with Crippen molar-refractivity contribution in [1.29, 1.82) is 0 Å². The summed E-state index contributed by atoms with van der Waals surface area (Å²) in [6.45, 7) is 3.70. The molecule has 2 aromatic heterocycles. The molecular formula is C35H28FN5O3. The van der Waals surface area contributed by atoms with Crippen LogP contribution in [0, 0.1) is 19.7 Å². The SMILES string of the molecule is Cc1cc(C=Nn2c(-c3ccccc3)nc3ccccc3c2=O)c(C)n1-c1ccc(OCC(=O)Nc2ccccc2F)cc1. The zero-order valence-corrected chi connectivity index (χ0v) is 24.1. The summed E-state index contributed by atoms with van der Waals surface area (Å²) in [4.78, 5) is 30.5. The zero-order valence-electron chi connectivity index (χ0n) is 24.1. The van der Waals surface area contributed by atoms with E-state index < -0.39 is 11.7 Å². The quantitative estimate of drug-likeness (QED) is 0.206. The van der Waals surface area contributed by atoms with Crippen molar-refractivity contribution < 1.29 is 13.9 Å². The highest BCUT2D eigenvalue weighted by molar-refractivity contribution is 5.92. The molecule has 0 saturated carbocycles. The summed E-state index contributed by atoms with van der Waals surface area (Å²) in [5, 5.41) is 7.61. The van der Waals surface area contributed by atoms with Crippen molar-refractivity contribution in [1.82, 2.24) is 14.2 Å². The third-order valence-electron chi connectivity index (χ3n) is 7.18. The van der Waals surface area contributed by atoms with Crippen molar-refractivity contribution in [2.75, 3.05) is 11.9 Å². The van der Waals surface area contributed by atoms with E-state index in [4.69, 9.17) is 9.72 Å². The lowest BCUT2D eigenvalue weighted by atomic mass is 10.2. The Morgan fingerprint density at radius 2 is 1.64 bits per heavy atom. The minimum absolute atomic E-state index is 0.104. The van der Waals surface area contributed by atoms with Gasteiger partial charge in [-0.3, -0.25) is 9.59 Å². The van der Waals surface area contributed by atoms with Crippen molar-refractivity contribution in [2.24, 2.45) is 5.10 Å². The van der Waals surface area contributed by atoms with Gasteiger partial charge in [-0.15, -0.1) is 0 Å². The smallest absolute Gasteiger partial charge is 0.282 e. The van der Waals surface area contributed by atoms with Crippen LogP contribution in [0.5, 0.6) is 5.75 Å². The largest absolute Gasteiger partial charge is 0.484 e. The second kappa shape index (κ2) is 12.2. The molecule has 9 heteroatoms. The monoisotopic (exact) mass is 585 g/mol. The molecule has 44 heavy (non-hydrogen) atoms. The first kappa shape index (κ1) is 28.3. The van der Waals surface area contributed by atoms with E-state index in [2.05, 4.69) is 15.0 Å². The van der Waals surface area contributed by atoms with Crippen LogP contribution in [0.2, 0.25) is 0 Å². The van der Waals surface area contributed by atoms with E-state index in [0.29, 0.717) is 22.5 Å². The standard InChI is InChI=1S/C35H28FN5O3/c1-23-20-26(21-37-41-34(25-10-4-3-5-11-25)39-31-14-8-6-12-29(31)35(41)43)24(2)40(23)27-16-18-28(19-17-27)44-22-33(42)38-32-15-9-7-13-30(32)36/h3-21H,22H2,1-2H3,(H,38,42). The van der Waals surface area contributed by atoms with Crippen molar-refractivity contribution in [3.63, 3.8) is 0 Å². The number of carbonyl (C=O) groups excluding carboxylic acids is 1. The maximum atomic E-state index is 13.8. The van der Waals surface area contributed by atoms with Gasteiger partial charge in [-0.05, 0) is 68.4 Å². The molecular weight excluding hydrogens is 557 g/mol. The average molecular weight is 586 g/mol. The number of hydrogen-bond donors (Lipinski definition) is 1. The summed E-state index contributed by atoms with van der Waals surface area (Å²) in [7, 11) is 0. The van der Waals surface area contributed by atoms with E-state index >= 15 is 0 Å². The first-order valence-electron chi connectivity index (χ1n) is 14.0. The molecule has 0 aliphatic heterocycles. The number of halogens is 1. The number of carbonyl (C=O) groups is 1. The molecule has 0 saturated heterocycles. The van der Waals surface area contributed by atoms with E-state index in [1.165, 1.54) is 16.8 Å². The fourth-order valence-electron chi connectivity index (χ4n) is 5.03. The molecule has 0 aliphatic carbocycles. The van der Waals surface area contributed by atoms with Gasteiger partial charge in [0.25, 0.3) is 11.5 Å². The molecule has 0 unspecified atom stereocenters. The maximum absolute atomic E-state index is 13.8. The number of hydrogen-bond acceptors (Lipinski definition) is 5. The Kier molecular flexibility index (Phi) is 7.84. The first-order valence-corrected chi connectivity index (χ1v) is 14.0. The number of anilines is 1. The Morgan fingerprint density at radius 1 is 0.932 bits per heavy atom. The molecule has 4 aromatic carbocycles. The van der Waals surface area contributed by atoms with Crippen LogP contribution in [-0.2, 0) is 4.79 Å². The van der Waals surface area contributed by atoms with Crippen LogP contribution in [0.3, 0.4) is 0 Å². The molecule has 1 amide bonds. The van der Waals surface area contributed by atoms with E-state index in [1.54, 1.807) is 36.5 Å². The number of aryl methyl sites for hydroxylation is 1. The van der Waals surface area contributed by atoms with E-state index in [0.717, 1.165) is 28.2 Å². The highest BCUT2D eigenvalue weighted by Crippen LogP contribution is 2.23. The van der Waals surface area contributed by atoms with Crippen molar-refractivity contribution in [3.8, 4) is 22.8 Å². The highest BCUT2D eigenvalue weighted by Gasteiger charge is 2.14. The van der Waals surface area contributed by atoms with Crippen molar-refractivity contribution in [2.45, 2.75) is 13.8 Å². The zero-order chi connectivity index (χ0) is 30.6. The minimum Gasteiger partial charge on any atom is -0.484 e. The summed E-state index contributed by atoms with van der Waals surface area (Å²) >= 11 is 0. The lowest BCUT2D eigenvalue weighted by molar-refractivity contribution is -0.118. The van der Waals surface area contributed by atoms with Crippen LogP contribution in [0.15, 0.2) is 119 Å². The van der Waals surface area contributed by atoms with E-state index in [9.17, 15) is 14.0 Å². The molecule has 2 heterocycles. The second-order valence-electron chi connectivity index (χ2n) is 10.2. The molecule has 6 aromatic rings. The Bertz CT molecular complexity index is 2070. The fraction of sp³-hybridized carbons (Fsp3) is 0.0857. The predicted molar refractivity (Wildman–Crippen MR) is 170 cm³/mol. The van der Waals surface area contributed by atoms with Gasteiger partial charge in [-0.25, -0.2) is 9.37 Å². The molecule has 1 N–H and O–H groups in total. The third-order valence-corrected chi connectivity index (χ3v) is 7.18. The fourth-order valence-corrected chi connectivity index (χ4v) is 5.03. The second-order valence-corrected chi connectivity index (χ2v) is 10.2. The number of rotatable bonds is 8. The van der Waals surface area contributed by atoms with Gasteiger partial charge in [0.15, 0.2) is 12.4 Å². The maximum Gasteiger partial charge on any atom is 0.282 e. The lowest BCUT2D eigenvalue weighted by Gasteiger charge is -2.12. The molecule has 0 radical (unpaired) electrons. The predicted octanol–water partition coefficient (Wildman–Crippen LogP) is 6.51. The van der Waals surface area contributed by atoms with Gasteiger partial charge in [0.05, 0.1) is 22.8 Å². The topological polar surface area (TPSA) is 90.5 Å². The Hall–Kier alpha value is -5.83. The highest BCUT2D eigenvalue weighted by atomic mass is 19.1. The van der Waals surface area contributed by atoms with Gasteiger partial charge in [0.1, 0.15) is 11.6 Å². The van der Waals surface area contributed by atoms with Crippen molar-refractivity contribution in [3.05, 3.63) is 142 Å². The number of benzene rings is 4. The first-order chi connectivity index (χ1) is 21.4. The van der Waals surface area contributed by atoms with Gasteiger partial charge < -0.3 is 14.6 Å². The van der Waals surface area contributed by atoms with Gasteiger partial charge in [-0.1, -0.05) is 54.6 Å². The van der Waals surface area contributed by atoms with Gasteiger partial charge in [-0.2, -0.15) is 9.78 Å². The van der Waals surface area contributed by atoms with Crippen LogP contribution >= 0.6 is 0 Å². The normalized spacial score (nSPS) is 11.2. The number of fused-ring (bicyclic) bond motifs is 1. The Balaban J connectivity index is 1.23. The molecule has 0 bridgehead atoms. The summed E-state index contributed by atoms with van der Waals surface area (Å²) in [5.74, 6) is -0.0168. The van der Waals surface area contributed by atoms with Gasteiger partial charge in [0.2, 0.25) is 0 Å². The Labute approximate surface area is 252 Å². The molecule has 0 aliphatic rings. The van der Waals surface area contributed by atoms with Gasteiger partial charge >= 0.3 is 0 Å². The Morgan fingerprint density at radius 3 is 2.41 bits per heavy atom. The molecule has 0 fully saturated rings. The minimum atomic E-state index is -0.510. The number of nitrogens with zero attached hydrogens (tertiary/aromatic N) is 4. The molecule has 6 rings (SSSR count). The van der Waals surface area contributed by atoms with E-state index in [1.807, 2.05) is 80.6 Å². The van der Waals surface area contributed by atoms with Gasteiger partial charge in [0, 0.05) is 28.2 Å². The summed E-state index contributed by atoms with van der Waals surface area (Å²) in [5.41, 5.74) is 4.86. The average Bonchev–Trinajstić information content (AvgIpc) is 3.33. The summed E-state index contributed by atoms with van der Waals surface area (Å²) in [6, 6.07) is 32.0. The lowest BCUT2D eigenvalue weighted by Crippen LogP contribution is -2.20. The van der Waals surface area contributed by atoms with Crippen LogP contribution in [0.4, 0.5) is 10.1 Å². The number of para-hydroxylation sites is 2. The number of ether oxygens (including phenoxy) is 1. The van der Waals surface area contributed by atoms with Crippen LogP contribution < -0.4 is 15.6 Å². The van der Waals surface area contributed by atoms with E-state index in [-0.39, 0.29) is 17.9 Å². The number of nitrogens with one attached hydrogen (secondary N) is 1. The van der Waals surface area contributed by atoms with Crippen LogP contribution in [0.1, 0.15) is 17.0 Å².